The average molecular weight is 445 g/mol. The van der Waals surface area contributed by atoms with Crippen LogP contribution < -0.4 is 19.1 Å². The van der Waals surface area contributed by atoms with Gasteiger partial charge in [0.2, 0.25) is 12.7 Å². The Hall–Kier alpha value is -2.78. The van der Waals surface area contributed by atoms with Crippen molar-refractivity contribution in [1.82, 2.24) is 4.90 Å². The minimum absolute atomic E-state index is 0.0335. The molecular formula is C22H24N2O6S. The van der Waals surface area contributed by atoms with E-state index < -0.39 is 15.9 Å². The van der Waals surface area contributed by atoms with Gasteiger partial charge in [0.25, 0.3) is 0 Å². The molecule has 2 aromatic rings. The second kappa shape index (κ2) is 7.72. The molecule has 9 heteroatoms. The number of benzene rings is 2. The molecule has 3 aliphatic rings. The van der Waals surface area contributed by atoms with Crippen LogP contribution in [0.1, 0.15) is 12.5 Å². The van der Waals surface area contributed by atoms with Gasteiger partial charge in [0, 0.05) is 18.3 Å². The number of rotatable bonds is 5. The molecule has 3 heterocycles. The topological polar surface area (TPSA) is 85.4 Å². The minimum atomic E-state index is -3.25. The van der Waals surface area contributed by atoms with Crippen molar-refractivity contribution >= 4 is 21.4 Å². The number of sulfone groups is 1. The molecule has 0 bridgehead atoms. The van der Waals surface area contributed by atoms with Gasteiger partial charge >= 0.3 is 0 Å². The average Bonchev–Trinajstić information content (AvgIpc) is 3.32. The van der Waals surface area contributed by atoms with Gasteiger partial charge in [-0.2, -0.15) is 0 Å². The summed E-state index contributed by atoms with van der Waals surface area (Å²) in [6.45, 7) is 3.28. The molecular weight excluding hydrogens is 420 g/mol. The van der Waals surface area contributed by atoms with Gasteiger partial charge < -0.3 is 19.1 Å². The smallest absolute Gasteiger partial charge is 0.241 e. The van der Waals surface area contributed by atoms with E-state index in [9.17, 15) is 13.2 Å². The van der Waals surface area contributed by atoms with Gasteiger partial charge in [-0.15, -0.1) is 0 Å². The normalized spacial score (nSPS) is 24.3. The number of amides is 1. The summed E-state index contributed by atoms with van der Waals surface area (Å²) in [4.78, 5) is 16.8. The van der Waals surface area contributed by atoms with E-state index in [0.29, 0.717) is 30.3 Å². The lowest BCUT2D eigenvalue weighted by atomic mass is 10.0. The number of nitrogens with zero attached hydrogens (tertiary/aromatic N) is 2. The monoisotopic (exact) mass is 444 g/mol. The molecule has 0 radical (unpaired) electrons. The van der Waals surface area contributed by atoms with Crippen molar-refractivity contribution in [2.24, 2.45) is 0 Å². The summed E-state index contributed by atoms with van der Waals surface area (Å²) in [6.07, 6.45) is 0. The van der Waals surface area contributed by atoms with Crippen molar-refractivity contribution in [3.05, 3.63) is 48.0 Å². The molecule has 5 rings (SSSR count). The quantitative estimate of drug-likeness (QED) is 0.696. The Labute approximate surface area is 181 Å². The Bertz CT molecular complexity index is 1100. The zero-order valence-electron chi connectivity index (χ0n) is 17.2. The second-order valence-electron chi connectivity index (χ2n) is 7.99. The molecule has 164 valence electrons. The van der Waals surface area contributed by atoms with Gasteiger partial charge in [0.05, 0.1) is 30.7 Å². The minimum Gasteiger partial charge on any atom is -0.494 e. The highest BCUT2D eigenvalue weighted by Gasteiger charge is 2.49. The lowest BCUT2D eigenvalue weighted by Gasteiger charge is -2.43. The van der Waals surface area contributed by atoms with Crippen LogP contribution in [0.25, 0.3) is 0 Å². The van der Waals surface area contributed by atoms with Crippen LogP contribution in [0, 0.1) is 0 Å². The second-order valence-corrected chi connectivity index (χ2v) is 10.1. The predicted octanol–water partition coefficient (Wildman–Crippen LogP) is 1.83. The fourth-order valence-corrected chi connectivity index (χ4v) is 6.59. The van der Waals surface area contributed by atoms with Crippen LogP contribution in [0.15, 0.2) is 42.5 Å². The van der Waals surface area contributed by atoms with Gasteiger partial charge in [-0.3, -0.25) is 9.69 Å². The van der Waals surface area contributed by atoms with E-state index in [1.165, 1.54) is 0 Å². The predicted molar refractivity (Wildman–Crippen MR) is 114 cm³/mol. The van der Waals surface area contributed by atoms with Crippen LogP contribution >= 0.6 is 0 Å². The third-order valence-corrected chi connectivity index (χ3v) is 7.65. The van der Waals surface area contributed by atoms with Crippen molar-refractivity contribution in [1.29, 1.82) is 0 Å². The molecule has 0 spiro atoms. The number of anilines is 1. The molecule has 2 saturated heterocycles. The molecule has 0 saturated carbocycles. The Morgan fingerprint density at radius 3 is 2.55 bits per heavy atom. The number of carbonyl (C=O) groups excluding carboxylic acids is 1. The zero-order valence-corrected chi connectivity index (χ0v) is 18.0. The highest BCUT2D eigenvalue weighted by molar-refractivity contribution is 7.91. The number of piperazine rings is 1. The van der Waals surface area contributed by atoms with Crippen molar-refractivity contribution in [3.8, 4) is 17.2 Å². The van der Waals surface area contributed by atoms with Crippen molar-refractivity contribution < 1.29 is 27.4 Å². The lowest BCUT2D eigenvalue weighted by Crippen LogP contribution is -2.61. The molecule has 8 nitrogen and oxygen atoms in total. The van der Waals surface area contributed by atoms with Crippen molar-refractivity contribution in [3.63, 3.8) is 0 Å². The van der Waals surface area contributed by atoms with Gasteiger partial charge in [-0.05, 0) is 48.9 Å². The molecule has 2 fully saturated rings. The van der Waals surface area contributed by atoms with Crippen LogP contribution in [0.3, 0.4) is 0 Å². The summed E-state index contributed by atoms with van der Waals surface area (Å²) >= 11 is 0. The van der Waals surface area contributed by atoms with Crippen LogP contribution in [-0.2, 0) is 21.2 Å². The van der Waals surface area contributed by atoms with E-state index in [4.69, 9.17) is 14.2 Å². The van der Waals surface area contributed by atoms with E-state index >= 15 is 0 Å². The van der Waals surface area contributed by atoms with Crippen molar-refractivity contribution in [2.45, 2.75) is 25.6 Å². The number of ether oxygens (including phenoxy) is 3. The zero-order chi connectivity index (χ0) is 21.6. The maximum absolute atomic E-state index is 13.2. The summed E-state index contributed by atoms with van der Waals surface area (Å²) in [5.74, 6) is 1.99. The molecule has 31 heavy (non-hydrogen) atoms. The van der Waals surface area contributed by atoms with E-state index in [1.807, 2.05) is 54.3 Å². The molecule has 0 N–H and O–H groups in total. The first-order chi connectivity index (χ1) is 14.9. The summed E-state index contributed by atoms with van der Waals surface area (Å²) in [6, 6.07) is 12.2. The summed E-state index contributed by atoms with van der Waals surface area (Å²) in [7, 11) is -3.25. The van der Waals surface area contributed by atoms with Gasteiger partial charge in [0.15, 0.2) is 21.3 Å². The first-order valence-corrected chi connectivity index (χ1v) is 12.1. The Kier molecular flexibility index (Phi) is 5.02. The number of hydrogen-bond acceptors (Lipinski definition) is 7. The summed E-state index contributed by atoms with van der Waals surface area (Å²) < 4.78 is 41.4. The largest absolute Gasteiger partial charge is 0.494 e. The van der Waals surface area contributed by atoms with Gasteiger partial charge in [-0.1, -0.05) is 6.07 Å². The highest BCUT2D eigenvalue weighted by Crippen LogP contribution is 2.36. The fourth-order valence-electron chi connectivity index (χ4n) is 4.61. The highest BCUT2D eigenvalue weighted by atomic mass is 32.2. The Balaban J connectivity index is 1.42. The van der Waals surface area contributed by atoms with E-state index in [-0.39, 0.29) is 36.8 Å². The maximum Gasteiger partial charge on any atom is 0.241 e. The third kappa shape index (κ3) is 3.83. The number of carbonyl (C=O) groups is 1. The SMILES string of the molecule is CCOc1ccc(N2C(=O)CN(Cc3ccc4c(c3)OCO4)[C@H]3CS(=O)(=O)C[C@H]32)cc1. The molecule has 0 unspecified atom stereocenters. The van der Waals surface area contributed by atoms with Gasteiger partial charge in [0.1, 0.15) is 5.75 Å². The van der Waals surface area contributed by atoms with Crippen LogP contribution in [-0.4, -0.2) is 62.8 Å². The molecule has 0 aromatic heterocycles. The molecule has 1 amide bonds. The van der Waals surface area contributed by atoms with E-state index in [0.717, 1.165) is 11.3 Å². The van der Waals surface area contributed by atoms with Crippen molar-refractivity contribution in [2.75, 3.05) is 36.4 Å². The third-order valence-electron chi connectivity index (χ3n) is 5.95. The fraction of sp³-hybridized carbons (Fsp3) is 0.409. The molecule has 2 atom stereocenters. The van der Waals surface area contributed by atoms with Crippen LogP contribution in [0.2, 0.25) is 0 Å². The molecule has 2 aromatic carbocycles. The van der Waals surface area contributed by atoms with E-state index in [1.54, 1.807) is 4.90 Å². The molecule has 0 aliphatic carbocycles. The van der Waals surface area contributed by atoms with E-state index in [2.05, 4.69) is 0 Å². The number of fused-ring (bicyclic) bond motifs is 2. The summed E-state index contributed by atoms with van der Waals surface area (Å²) in [5.41, 5.74) is 1.65. The lowest BCUT2D eigenvalue weighted by molar-refractivity contribution is -0.123. The Morgan fingerprint density at radius 2 is 1.77 bits per heavy atom. The molecule has 3 aliphatic heterocycles. The van der Waals surface area contributed by atoms with Crippen LogP contribution in [0.4, 0.5) is 5.69 Å². The Morgan fingerprint density at radius 1 is 1.03 bits per heavy atom. The summed E-state index contributed by atoms with van der Waals surface area (Å²) in [5, 5.41) is 0. The number of hydrogen-bond donors (Lipinski definition) is 0. The standard InChI is InChI=1S/C22H24N2O6S/c1-2-28-17-6-4-16(5-7-17)24-19-13-31(26,27)12-18(19)23(11-22(24)25)10-15-3-8-20-21(9-15)30-14-29-20/h3-9,18-19H,2,10-14H2,1H3/t18-,19+/m0/s1. The van der Waals surface area contributed by atoms with Gasteiger partial charge in [-0.25, -0.2) is 8.42 Å². The first-order valence-electron chi connectivity index (χ1n) is 10.3. The van der Waals surface area contributed by atoms with Crippen LogP contribution in [0.5, 0.6) is 17.2 Å². The first kappa shape index (κ1) is 20.1. The maximum atomic E-state index is 13.2.